The third kappa shape index (κ3) is 6.33. The highest BCUT2D eigenvalue weighted by Gasteiger charge is 2.75. The third-order valence-electron chi connectivity index (χ3n) is 11.4. The van der Waals surface area contributed by atoms with E-state index in [0.717, 1.165) is 42.6 Å². The number of rotatable bonds is 6. The minimum Gasteiger partial charge on any atom is -0.464 e. The Kier molecular flexibility index (Phi) is 9.43. The van der Waals surface area contributed by atoms with Crippen LogP contribution < -0.4 is 10.7 Å². The molecular weight excluding hydrogens is 758 g/mol. The number of aryl methyl sites for hydroxylation is 1. The predicted octanol–water partition coefficient (Wildman–Crippen LogP) is 6.67. The molecule has 0 aromatic carbocycles. The Bertz CT molecular complexity index is 2170. The van der Waals surface area contributed by atoms with Gasteiger partial charge in [0.2, 0.25) is 5.91 Å². The van der Waals surface area contributed by atoms with Gasteiger partial charge < -0.3 is 19.4 Å². The van der Waals surface area contributed by atoms with Crippen LogP contribution in [0.25, 0.3) is 32.0 Å². The SMILES string of the molecule is CCn1c(-c2cccnc2C(C)OC)c2c3c(Cl)c(sc31)-c1csc(n1)CC(NC(=O)C1CC1C)C(=O)N1CC3C(C(N1)C(=O)OCC(C)(C)C2)C3(F)F. The molecule has 288 valence electrons. The fourth-order valence-corrected chi connectivity index (χ4v) is 10.7. The first-order valence-electron chi connectivity index (χ1n) is 18.3. The van der Waals surface area contributed by atoms with Crippen LogP contribution in [0.5, 0.6) is 0 Å². The van der Waals surface area contributed by atoms with E-state index in [2.05, 4.69) is 22.2 Å². The van der Waals surface area contributed by atoms with Crippen molar-refractivity contribution in [3.63, 3.8) is 0 Å². The van der Waals surface area contributed by atoms with Crippen molar-refractivity contribution in [2.45, 2.75) is 84.5 Å². The number of alkyl halides is 2. The minimum absolute atomic E-state index is 0.0306. The third-order valence-corrected chi connectivity index (χ3v) is 14.0. The molecule has 2 aliphatic carbocycles. The zero-order valence-corrected chi connectivity index (χ0v) is 33.3. The Balaban J connectivity index is 1.27. The number of thiazole rings is 1. The van der Waals surface area contributed by atoms with Crippen molar-refractivity contribution in [2.75, 3.05) is 20.3 Å². The number of pyridine rings is 1. The molecule has 4 aromatic heterocycles. The molecule has 4 aliphatic rings. The monoisotopic (exact) mass is 800 g/mol. The number of hydrogen-bond acceptors (Lipinski definition) is 10. The quantitative estimate of drug-likeness (QED) is 0.207. The fraction of sp³-hybridized carbons (Fsp3) is 0.553. The van der Waals surface area contributed by atoms with E-state index in [1.807, 2.05) is 45.2 Å². The van der Waals surface area contributed by atoms with Gasteiger partial charge in [0.15, 0.2) is 0 Å². The number of hydrazine groups is 1. The van der Waals surface area contributed by atoms with Gasteiger partial charge in [0.1, 0.15) is 16.9 Å². The number of nitrogens with zero attached hydrogens (tertiary/aromatic N) is 4. The summed E-state index contributed by atoms with van der Waals surface area (Å²) >= 11 is 10.2. The zero-order valence-electron chi connectivity index (χ0n) is 30.9. The average molecular weight is 801 g/mol. The number of cyclic esters (lactones) is 1. The number of aromatic nitrogens is 3. The lowest BCUT2D eigenvalue weighted by molar-refractivity contribution is -0.156. The first-order valence-corrected chi connectivity index (χ1v) is 20.4. The van der Waals surface area contributed by atoms with Gasteiger partial charge in [-0.25, -0.2) is 19.2 Å². The molecule has 2 N–H and O–H groups in total. The minimum atomic E-state index is -3.16. The second kappa shape index (κ2) is 13.6. The largest absolute Gasteiger partial charge is 0.464 e. The summed E-state index contributed by atoms with van der Waals surface area (Å²) in [6.45, 7) is 10.1. The standard InChI is InChI=1S/C38H43ClF2N6O5S2/c1-7-46-31(19-9-8-10-42-29(19)18(3)51-6)21-13-37(4,5)16-52-36(50)30-27-22(38(27,40)41)14-47(45-30)34(49)23(44-33(48)20-11-17(20)2)12-25-43-24(15-53-25)32-28(39)26(21)35(46)54-32/h8-10,15,17-18,20,22-23,27,30,45H,7,11-14,16H2,1-6H3,(H,44,48). The molecule has 54 heavy (non-hydrogen) atoms. The van der Waals surface area contributed by atoms with Gasteiger partial charge in [0.05, 0.1) is 56.5 Å². The van der Waals surface area contributed by atoms with E-state index in [-0.39, 0.29) is 43.4 Å². The van der Waals surface area contributed by atoms with E-state index in [9.17, 15) is 14.4 Å². The summed E-state index contributed by atoms with van der Waals surface area (Å²) in [5.74, 6) is -7.47. The molecule has 6 bridgehead atoms. The molecule has 3 fully saturated rings. The van der Waals surface area contributed by atoms with Crippen molar-refractivity contribution in [1.29, 1.82) is 0 Å². The number of esters is 1. The molecule has 4 aromatic rings. The summed E-state index contributed by atoms with van der Waals surface area (Å²) in [6.07, 6.45) is 2.59. The Morgan fingerprint density at radius 1 is 1.30 bits per heavy atom. The molecule has 0 spiro atoms. The molecule has 2 amide bonds. The smallest absolute Gasteiger partial charge is 0.325 e. The van der Waals surface area contributed by atoms with Crippen molar-refractivity contribution >= 4 is 62.3 Å². The van der Waals surface area contributed by atoms with E-state index < -0.39 is 47.1 Å². The summed E-state index contributed by atoms with van der Waals surface area (Å²) in [7, 11) is 1.64. The van der Waals surface area contributed by atoms with Gasteiger partial charge in [0, 0.05) is 60.5 Å². The summed E-state index contributed by atoms with van der Waals surface area (Å²) < 4.78 is 44.3. The average Bonchev–Trinajstić information content (AvgIpc) is 3.76. The highest BCUT2D eigenvalue weighted by molar-refractivity contribution is 7.23. The molecule has 2 aliphatic heterocycles. The highest BCUT2D eigenvalue weighted by Crippen LogP contribution is 2.59. The van der Waals surface area contributed by atoms with Crippen molar-refractivity contribution in [1.82, 2.24) is 30.3 Å². The van der Waals surface area contributed by atoms with Crippen molar-refractivity contribution < 1.29 is 32.6 Å². The molecule has 8 rings (SSSR count). The first kappa shape index (κ1) is 37.4. The molecular formula is C38H43ClF2N6O5S2. The number of fused-ring (bicyclic) bond motifs is 8. The Labute approximate surface area is 324 Å². The van der Waals surface area contributed by atoms with Crippen molar-refractivity contribution in [2.24, 2.45) is 29.1 Å². The summed E-state index contributed by atoms with van der Waals surface area (Å²) in [5, 5.41) is 7.81. The second-order valence-electron chi connectivity index (χ2n) is 15.8. The number of halogens is 3. The zero-order chi connectivity index (χ0) is 38.4. The summed E-state index contributed by atoms with van der Waals surface area (Å²) in [6, 6.07) is 1.36. The van der Waals surface area contributed by atoms with Gasteiger partial charge in [-0.05, 0) is 50.3 Å². The van der Waals surface area contributed by atoms with Crippen LogP contribution in [-0.4, -0.2) is 75.6 Å². The van der Waals surface area contributed by atoms with Crippen LogP contribution in [0.3, 0.4) is 0 Å². The molecule has 0 radical (unpaired) electrons. The maximum Gasteiger partial charge on any atom is 0.325 e. The number of carbonyl (C=O) groups is 3. The molecule has 2 saturated carbocycles. The van der Waals surface area contributed by atoms with Crippen LogP contribution in [0.15, 0.2) is 23.7 Å². The van der Waals surface area contributed by atoms with E-state index in [4.69, 9.17) is 31.0 Å². The Morgan fingerprint density at radius 3 is 2.76 bits per heavy atom. The Hall–Kier alpha value is -3.50. The Morgan fingerprint density at radius 2 is 2.06 bits per heavy atom. The number of nitrogens with one attached hydrogen (secondary N) is 2. The highest BCUT2D eigenvalue weighted by atomic mass is 35.5. The summed E-state index contributed by atoms with van der Waals surface area (Å²) in [5.41, 5.74) is 6.28. The van der Waals surface area contributed by atoms with Gasteiger partial charge in [-0.2, -0.15) is 0 Å². The number of amides is 2. The molecule has 16 heteroatoms. The van der Waals surface area contributed by atoms with E-state index in [0.29, 0.717) is 35.1 Å². The lowest BCUT2D eigenvalue weighted by Gasteiger charge is -2.34. The van der Waals surface area contributed by atoms with Crippen LogP contribution >= 0.6 is 34.3 Å². The maximum absolute atomic E-state index is 15.2. The van der Waals surface area contributed by atoms with Crippen LogP contribution in [0.4, 0.5) is 8.78 Å². The lowest BCUT2D eigenvalue weighted by Crippen LogP contribution is -2.61. The number of carbonyl (C=O) groups excluding carboxylic acids is 3. The number of ether oxygens (including phenoxy) is 2. The molecule has 7 unspecified atom stereocenters. The molecule has 6 heterocycles. The van der Waals surface area contributed by atoms with Crippen molar-refractivity contribution in [3.8, 4) is 21.8 Å². The molecule has 11 nitrogen and oxygen atoms in total. The second-order valence-corrected chi connectivity index (χ2v) is 18.2. The van der Waals surface area contributed by atoms with Gasteiger partial charge >= 0.3 is 5.97 Å². The molecule has 7 atom stereocenters. The van der Waals surface area contributed by atoms with E-state index in [1.54, 1.807) is 13.3 Å². The van der Waals surface area contributed by atoms with E-state index in [1.165, 1.54) is 22.7 Å². The van der Waals surface area contributed by atoms with Gasteiger partial charge in [-0.3, -0.25) is 24.4 Å². The van der Waals surface area contributed by atoms with Gasteiger partial charge in [-0.15, -0.1) is 22.7 Å². The lowest BCUT2D eigenvalue weighted by atomic mass is 9.84. The predicted molar refractivity (Wildman–Crippen MR) is 202 cm³/mol. The van der Waals surface area contributed by atoms with Crippen molar-refractivity contribution in [3.05, 3.63) is 45.0 Å². The van der Waals surface area contributed by atoms with Crippen LogP contribution in [0, 0.1) is 29.1 Å². The maximum atomic E-state index is 15.2. The topological polar surface area (TPSA) is 128 Å². The fourth-order valence-electron chi connectivity index (χ4n) is 8.11. The van der Waals surface area contributed by atoms with Gasteiger partial charge in [-0.1, -0.05) is 32.4 Å². The van der Waals surface area contributed by atoms with Crippen LogP contribution in [0.2, 0.25) is 5.02 Å². The van der Waals surface area contributed by atoms with Crippen LogP contribution in [-0.2, 0) is 43.2 Å². The van der Waals surface area contributed by atoms with Gasteiger partial charge in [0.25, 0.3) is 11.8 Å². The summed E-state index contributed by atoms with van der Waals surface area (Å²) in [4.78, 5) is 52.5. The van der Waals surface area contributed by atoms with Crippen LogP contribution in [0.1, 0.15) is 63.4 Å². The number of hydrogen-bond donors (Lipinski definition) is 2. The number of thiophene rings is 1. The molecule has 1 saturated heterocycles. The first-order chi connectivity index (χ1) is 25.6. The normalized spacial score (nSPS) is 27.9. The van der Waals surface area contributed by atoms with E-state index >= 15 is 8.78 Å². The number of methoxy groups -OCH3 is 1.